The Labute approximate surface area is 156 Å². The van der Waals surface area contributed by atoms with E-state index in [1.165, 1.54) is 6.20 Å². The number of carboxylic acid groups (broad SMARTS) is 1. The molecular weight excluding hydrogens is 357 g/mol. The molecule has 0 amide bonds. The number of halogens is 1. The lowest BCUT2D eigenvalue weighted by molar-refractivity contribution is -0.138. The van der Waals surface area contributed by atoms with E-state index in [1.54, 1.807) is 0 Å². The highest BCUT2D eigenvalue weighted by molar-refractivity contribution is 5.69. The van der Waals surface area contributed by atoms with Crippen LogP contribution in [-0.2, 0) is 14.3 Å². The molecule has 4 rings (SSSR count). The average Bonchev–Trinajstić information content (AvgIpc) is 2.93. The molecule has 0 aliphatic carbocycles. The van der Waals surface area contributed by atoms with Crippen molar-refractivity contribution in [3.63, 3.8) is 0 Å². The summed E-state index contributed by atoms with van der Waals surface area (Å²) < 4.78 is 25.5. The summed E-state index contributed by atoms with van der Waals surface area (Å²) in [4.78, 5) is 25.8. The number of rotatable bonds is 4. The Morgan fingerprint density at radius 3 is 2.81 bits per heavy atom. The van der Waals surface area contributed by atoms with Crippen molar-refractivity contribution in [2.24, 2.45) is 5.92 Å². The number of carbonyl (C=O) groups is 1. The van der Waals surface area contributed by atoms with Crippen LogP contribution < -0.4 is 9.80 Å². The maximum absolute atomic E-state index is 14.4. The molecule has 148 valence electrons. The predicted molar refractivity (Wildman–Crippen MR) is 94.5 cm³/mol. The number of aromatic nitrogens is 2. The van der Waals surface area contributed by atoms with Crippen molar-refractivity contribution in [3.8, 4) is 0 Å². The lowest BCUT2D eigenvalue weighted by atomic mass is 10.1. The molecule has 27 heavy (non-hydrogen) atoms. The number of carboxylic acids is 1. The van der Waals surface area contributed by atoms with Gasteiger partial charge in [0.05, 0.1) is 45.2 Å². The van der Waals surface area contributed by atoms with Crippen molar-refractivity contribution in [2.45, 2.75) is 6.04 Å². The summed E-state index contributed by atoms with van der Waals surface area (Å²) in [6, 6.07) is -0.0696. The summed E-state index contributed by atoms with van der Waals surface area (Å²) in [5.41, 5.74) is 0. The van der Waals surface area contributed by atoms with Gasteiger partial charge >= 0.3 is 5.97 Å². The van der Waals surface area contributed by atoms with Crippen molar-refractivity contribution in [2.75, 3.05) is 75.5 Å². The fourth-order valence-corrected chi connectivity index (χ4v) is 3.99. The van der Waals surface area contributed by atoms with Gasteiger partial charge < -0.3 is 24.4 Å². The molecule has 2 atom stereocenters. The second-order valence-electron chi connectivity index (χ2n) is 7.24. The minimum atomic E-state index is -0.838. The fourth-order valence-electron chi connectivity index (χ4n) is 3.99. The van der Waals surface area contributed by atoms with Crippen molar-refractivity contribution < 1.29 is 23.8 Å². The summed E-state index contributed by atoms with van der Waals surface area (Å²) in [6.45, 7) is 5.19. The number of nitrogens with zero attached hydrogens (tertiary/aromatic N) is 5. The molecule has 1 N–H and O–H groups in total. The quantitative estimate of drug-likeness (QED) is 0.753. The topological polar surface area (TPSA) is 91.3 Å². The Hall–Kier alpha value is -2.04. The van der Waals surface area contributed by atoms with Crippen LogP contribution in [0.2, 0.25) is 0 Å². The number of ether oxygens (including phenoxy) is 2. The van der Waals surface area contributed by atoms with E-state index in [0.717, 1.165) is 0 Å². The van der Waals surface area contributed by atoms with E-state index in [2.05, 4.69) is 9.97 Å². The number of aliphatic carboxylic acids is 1. The summed E-state index contributed by atoms with van der Waals surface area (Å²) in [6.07, 6.45) is 1.22. The highest BCUT2D eigenvalue weighted by Crippen LogP contribution is 2.26. The molecule has 3 saturated heterocycles. The zero-order chi connectivity index (χ0) is 18.8. The first kappa shape index (κ1) is 18.3. The van der Waals surface area contributed by atoms with Gasteiger partial charge in [0, 0.05) is 38.6 Å². The Bertz CT molecular complexity index is 687. The molecule has 4 heterocycles. The van der Waals surface area contributed by atoms with E-state index in [1.807, 2.05) is 14.7 Å². The van der Waals surface area contributed by atoms with E-state index in [4.69, 9.17) is 14.6 Å². The molecule has 1 aromatic heterocycles. The lowest BCUT2D eigenvalue weighted by Crippen LogP contribution is -2.46. The molecular formula is C17H24FN5O4. The zero-order valence-electron chi connectivity index (χ0n) is 15.1. The van der Waals surface area contributed by atoms with E-state index in [-0.39, 0.29) is 18.5 Å². The first-order valence-corrected chi connectivity index (χ1v) is 9.24. The van der Waals surface area contributed by atoms with Crippen LogP contribution in [0.1, 0.15) is 0 Å². The van der Waals surface area contributed by atoms with Gasteiger partial charge in [-0.2, -0.15) is 4.98 Å². The molecule has 3 fully saturated rings. The van der Waals surface area contributed by atoms with Crippen LogP contribution in [0.5, 0.6) is 0 Å². The molecule has 3 aliphatic heterocycles. The first-order valence-electron chi connectivity index (χ1n) is 9.24. The highest BCUT2D eigenvalue weighted by atomic mass is 19.1. The summed E-state index contributed by atoms with van der Waals surface area (Å²) >= 11 is 0. The maximum Gasteiger partial charge on any atom is 0.317 e. The van der Waals surface area contributed by atoms with Gasteiger partial charge in [0.2, 0.25) is 5.95 Å². The second-order valence-corrected chi connectivity index (χ2v) is 7.24. The second kappa shape index (κ2) is 7.91. The Morgan fingerprint density at radius 1 is 1.22 bits per heavy atom. The number of fused-ring (bicyclic) bond motifs is 3. The van der Waals surface area contributed by atoms with E-state index in [9.17, 15) is 9.18 Å². The van der Waals surface area contributed by atoms with E-state index < -0.39 is 11.8 Å². The third-order valence-corrected chi connectivity index (χ3v) is 5.18. The van der Waals surface area contributed by atoms with Gasteiger partial charge in [-0.3, -0.25) is 9.69 Å². The van der Waals surface area contributed by atoms with Crippen molar-refractivity contribution in [3.05, 3.63) is 12.0 Å². The minimum absolute atomic E-state index is 0.00411. The number of anilines is 2. The van der Waals surface area contributed by atoms with Gasteiger partial charge in [-0.05, 0) is 0 Å². The van der Waals surface area contributed by atoms with Crippen molar-refractivity contribution in [1.82, 2.24) is 14.9 Å². The normalized spacial score (nSPS) is 26.7. The Balaban J connectivity index is 1.59. The summed E-state index contributed by atoms with van der Waals surface area (Å²) in [7, 11) is 0. The zero-order valence-corrected chi connectivity index (χ0v) is 15.1. The molecule has 0 radical (unpaired) electrons. The van der Waals surface area contributed by atoms with Gasteiger partial charge in [0.15, 0.2) is 11.6 Å². The predicted octanol–water partition coefficient (Wildman–Crippen LogP) is -0.326. The molecule has 0 aromatic carbocycles. The first-order chi connectivity index (χ1) is 13.1. The minimum Gasteiger partial charge on any atom is -0.480 e. The van der Waals surface area contributed by atoms with Gasteiger partial charge in [0.1, 0.15) is 0 Å². The average molecular weight is 381 g/mol. The van der Waals surface area contributed by atoms with Crippen molar-refractivity contribution in [1.29, 1.82) is 0 Å². The monoisotopic (exact) mass is 381 g/mol. The fraction of sp³-hybridized carbons (Fsp3) is 0.706. The molecule has 0 spiro atoms. The Morgan fingerprint density at radius 2 is 2.04 bits per heavy atom. The van der Waals surface area contributed by atoms with E-state index in [0.29, 0.717) is 70.9 Å². The molecule has 2 bridgehead atoms. The standard InChI is InChI=1S/C17H24FN5O4/c18-14-5-19-17(20-16(14)22-1-3-26-4-2-22)23-7-12-6-21(9-15(24)25)8-13(23)11-27-10-12/h5,12-13H,1-4,6-11H2,(H,24,25)/t12-,13-/m0/s1. The van der Waals surface area contributed by atoms with Gasteiger partial charge in [-0.15, -0.1) is 0 Å². The van der Waals surface area contributed by atoms with E-state index >= 15 is 0 Å². The largest absolute Gasteiger partial charge is 0.480 e. The third-order valence-electron chi connectivity index (χ3n) is 5.18. The lowest BCUT2D eigenvalue weighted by Gasteiger charge is -2.32. The molecule has 0 unspecified atom stereocenters. The summed E-state index contributed by atoms with van der Waals surface area (Å²) in [5, 5.41) is 9.15. The van der Waals surface area contributed by atoms with Crippen LogP contribution >= 0.6 is 0 Å². The molecule has 0 saturated carbocycles. The van der Waals surface area contributed by atoms with Gasteiger partial charge in [-0.25, -0.2) is 9.37 Å². The SMILES string of the molecule is O=C(O)CN1C[C@@H]2COC[C@H](C1)N(c1ncc(F)c(N3CCOCC3)n1)C2. The van der Waals surface area contributed by atoms with Crippen LogP contribution in [0.4, 0.5) is 16.2 Å². The van der Waals surface area contributed by atoms with Crippen molar-refractivity contribution >= 4 is 17.7 Å². The number of hydrogen-bond donors (Lipinski definition) is 1. The number of hydrogen-bond acceptors (Lipinski definition) is 8. The molecule has 10 heteroatoms. The van der Waals surface area contributed by atoms with Crippen LogP contribution in [0, 0.1) is 11.7 Å². The Kier molecular flexibility index (Phi) is 5.37. The molecule has 3 aliphatic rings. The molecule has 9 nitrogen and oxygen atoms in total. The van der Waals surface area contributed by atoms with Crippen LogP contribution in [0.15, 0.2) is 6.20 Å². The van der Waals surface area contributed by atoms with Gasteiger partial charge in [0.25, 0.3) is 0 Å². The molecule has 1 aromatic rings. The highest BCUT2D eigenvalue weighted by Gasteiger charge is 2.35. The van der Waals surface area contributed by atoms with Crippen LogP contribution in [0.3, 0.4) is 0 Å². The van der Waals surface area contributed by atoms with Gasteiger partial charge in [-0.1, -0.05) is 0 Å². The smallest absolute Gasteiger partial charge is 0.317 e. The van der Waals surface area contributed by atoms with Crippen LogP contribution in [-0.4, -0.2) is 97.7 Å². The van der Waals surface area contributed by atoms with Crippen LogP contribution in [0.25, 0.3) is 0 Å². The summed E-state index contributed by atoms with van der Waals surface area (Å²) in [5.74, 6) is -0.365. The number of morpholine rings is 1. The third kappa shape index (κ3) is 4.12. The maximum atomic E-state index is 14.4.